The summed E-state index contributed by atoms with van der Waals surface area (Å²) in [6.07, 6.45) is -5.70. The van der Waals surface area contributed by atoms with E-state index in [0.717, 1.165) is 5.56 Å². The normalized spacial score (nSPS) is 20.6. The Morgan fingerprint density at radius 3 is 1.17 bits per heavy atom. The van der Waals surface area contributed by atoms with E-state index < -0.39 is 97.0 Å². The summed E-state index contributed by atoms with van der Waals surface area (Å²) in [5.41, 5.74) is 0.820. The Hall–Kier alpha value is -7.06. The molecule has 8 atom stereocenters. The van der Waals surface area contributed by atoms with Crippen LogP contribution in [0, 0.1) is 0 Å². The number of ether oxygens (including phenoxy) is 11. The highest BCUT2D eigenvalue weighted by Gasteiger charge is 2.50. The summed E-state index contributed by atoms with van der Waals surface area (Å²) in [5.74, 6) is -5.02. The van der Waals surface area contributed by atoms with Crippen molar-refractivity contribution in [1.82, 2.24) is 0 Å². The molecule has 0 spiro atoms. The molecule has 2 aliphatic heterocycles. The van der Waals surface area contributed by atoms with E-state index in [9.17, 15) is 43.5 Å². The molecule has 420 valence electrons. The summed E-state index contributed by atoms with van der Waals surface area (Å²) in [6.45, 7) is 10.6. The van der Waals surface area contributed by atoms with Gasteiger partial charge in [-0.15, -0.1) is 0 Å². The molecule has 0 aliphatic carbocycles. The standard InChI is InChI=1S/C31H38O10.C24H32O10.CH4.H2/c1-4-12-25(32)38-24-20-37-31(29(41-27(34)14-6-3)28(24)40-26(33)13-5-2)39-23-18-11-10-17-22(23)30(35)36-19-21-15-8-7-9-16-21;1-4-9-18(25)31-17-14-30-24(32-16-13-8-7-12-15(16)23(28)29)22(34-20(27)11-6-3)21(17)33-19(26)10-5-2;;/h7-11,15-18,24,28-29,31H,4-6,12-14,19-20H2,1-3H3;7-8,12-13,17,21-22,24H,4-6,9-11,14H2,1-3H3,(H,28,29);1H4;1H/t24-,28+,29-,31+;17-,21+,22-,24+;;/m11../s1/i;;;1+1. The minimum Gasteiger partial charge on any atom is -0.478 e. The minimum atomic E-state index is -1.30. The summed E-state index contributed by atoms with van der Waals surface area (Å²) < 4.78 is 62.6. The van der Waals surface area contributed by atoms with Gasteiger partial charge >= 0.3 is 47.8 Å². The summed E-state index contributed by atoms with van der Waals surface area (Å²) >= 11 is 0. The van der Waals surface area contributed by atoms with Crippen molar-refractivity contribution in [3.8, 4) is 11.5 Å². The quantitative estimate of drug-likeness (QED) is 0.0580. The number of carboxylic acid groups (broad SMARTS) is 1. The van der Waals surface area contributed by atoms with E-state index in [1.165, 1.54) is 24.3 Å². The zero-order valence-electron chi connectivity index (χ0n) is 43.4. The Bertz CT molecular complexity index is 2330. The first kappa shape index (κ1) is 63.2. The topological polar surface area (TPSA) is 258 Å². The number of carbonyl (C=O) groups excluding carboxylic acids is 7. The molecule has 2 saturated heterocycles. The van der Waals surface area contributed by atoms with Gasteiger partial charge in [0.25, 0.3) is 0 Å². The van der Waals surface area contributed by atoms with Gasteiger partial charge in [0.2, 0.25) is 24.8 Å². The second kappa shape index (κ2) is 33.8. The van der Waals surface area contributed by atoms with Gasteiger partial charge < -0.3 is 57.2 Å². The average Bonchev–Trinajstić information content (AvgIpc) is 3.37. The molecule has 2 aliphatic rings. The largest absolute Gasteiger partial charge is 0.478 e. The van der Waals surface area contributed by atoms with Gasteiger partial charge in [-0.2, -0.15) is 0 Å². The van der Waals surface area contributed by atoms with Crippen molar-refractivity contribution >= 4 is 47.8 Å². The van der Waals surface area contributed by atoms with Gasteiger partial charge in [-0.05, 0) is 68.4 Å². The van der Waals surface area contributed by atoms with Gasteiger partial charge in [0.1, 0.15) is 29.2 Å². The van der Waals surface area contributed by atoms with Gasteiger partial charge in [-0.3, -0.25) is 28.8 Å². The lowest BCUT2D eigenvalue weighted by molar-refractivity contribution is -0.261. The molecule has 0 bridgehead atoms. The maximum atomic E-state index is 13.0. The van der Waals surface area contributed by atoms with Crippen LogP contribution >= 0.6 is 0 Å². The Balaban J connectivity index is 0.000000522. The maximum Gasteiger partial charge on any atom is 0.342 e. The van der Waals surface area contributed by atoms with Crippen LogP contribution in [0.4, 0.5) is 0 Å². The summed E-state index contributed by atoms with van der Waals surface area (Å²) in [7, 11) is 0. The Labute approximate surface area is 445 Å². The van der Waals surface area contributed by atoms with Crippen molar-refractivity contribution in [1.29, 1.82) is 0 Å². The summed E-state index contributed by atoms with van der Waals surface area (Å²) in [6, 6.07) is 21.6. The number of rotatable bonds is 26. The fourth-order valence-electron chi connectivity index (χ4n) is 7.49. The summed E-state index contributed by atoms with van der Waals surface area (Å²) in [5, 5.41) is 9.47. The predicted octanol–water partition coefficient (Wildman–Crippen LogP) is 9.05. The van der Waals surface area contributed by atoms with Crippen molar-refractivity contribution in [2.75, 3.05) is 13.2 Å². The number of benzene rings is 3. The molecular weight excluding hydrogens is 993 g/mol. The van der Waals surface area contributed by atoms with E-state index in [0.29, 0.717) is 38.5 Å². The lowest BCUT2D eigenvalue weighted by Crippen LogP contribution is -2.59. The van der Waals surface area contributed by atoms with E-state index in [-0.39, 0.29) is 89.8 Å². The van der Waals surface area contributed by atoms with Crippen molar-refractivity contribution in [2.45, 2.75) is 182 Å². The highest BCUT2D eigenvalue weighted by atomic mass is 16.7. The molecule has 0 unspecified atom stereocenters. The number of aromatic carboxylic acids is 1. The second-order valence-electron chi connectivity index (χ2n) is 17.4. The fourth-order valence-corrected chi connectivity index (χ4v) is 7.49. The van der Waals surface area contributed by atoms with Gasteiger partial charge in [-0.25, -0.2) is 9.59 Å². The molecule has 20 nitrogen and oxygen atoms in total. The zero-order chi connectivity index (χ0) is 54.7. The zero-order valence-corrected chi connectivity index (χ0v) is 43.4. The van der Waals surface area contributed by atoms with Crippen molar-refractivity contribution in [3.63, 3.8) is 0 Å². The first-order chi connectivity index (χ1) is 36.2. The average molecular weight is 1070 g/mol. The highest BCUT2D eigenvalue weighted by molar-refractivity contribution is 5.92. The van der Waals surface area contributed by atoms with Crippen LogP contribution in [0.3, 0.4) is 0 Å². The van der Waals surface area contributed by atoms with E-state index >= 15 is 0 Å². The molecule has 0 aromatic heterocycles. The van der Waals surface area contributed by atoms with Crippen molar-refractivity contribution in [2.24, 2.45) is 0 Å². The third-order valence-corrected chi connectivity index (χ3v) is 11.1. The molecule has 76 heavy (non-hydrogen) atoms. The molecule has 3 aromatic carbocycles. The SMILES string of the molecule is C.CCCC(=O)O[C@@H]1[C@@H](OC(=O)CCC)[C@H](Oc2ccccc2C(=O)O)OC[C@H]1OC(=O)CCC.CCCC(=O)O[C@@H]1[C@@H](OC(=O)CCC)[C@H](Oc2ccccc2C(=O)OCc2ccccc2)OC[C@H]1OC(=O)CCC.[2HH]. The number of carbonyl (C=O) groups is 8. The van der Waals surface area contributed by atoms with Gasteiger partial charge in [0, 0.05) is 40.0 Å². The van der Waals surface area contributed by atoms with Crippen LogP contribution in [0.1, 0.15) is 154 Å². The molecule has 2 fully saturated rings. The molecule has 1 N–H and O–H groups in total. The van der Waals surface area contributed by atoms with Gasteiger partial charge in [0.15, 0.2) is 24.4 Å². The predicted molar refractivity (Wildman–Crippen MR) is 274 cm³/mol. The molecule has 0 saturated carbocycles. The number of hydrogen-bond donors (Lipinski definition) is 1. The molecule has 2 heterocycles. The van der Waals surface area contributed by atoms with Gasteiger partial charge in [-0.1, -0.05) is 104 Å². The van der Waals surface area contributed by atoms with Crippen LogP contribution in [-0.4, -0.2) is 115 Å². The number of para-hydroxylation sites is 2. The molecule has 3 aromatic rings. The Kier molecular flexibility index (Phi) is 28.1. The van der Waals surface area contributed by atoms with E-state index in [1.807, 2.05) is 58.0 Å². The van der Waals surface area contributed by atoms with Crippen LogP contribution in [0.25, 0.3) is 0 Å². The van der Waals surface area contributed by atoms with Gasteiger partial charge in [0.05, 0.1) is 13.2 Å². The molecule has 20 heteroatoms. The monoisotopic (exact) mass is 1070 g/mol. The lowest BCUT2D eigenvalue weighted by Gasteiger charge is -2.40. The Morgan fingerprint density at radius 2 is 0.789 bits per heavy atom. The lowest BCUT2D eigenvalue weighted by atomic mass is 10.0. The molecular formula is C56H76O20. The van der Waals surface area contributed by atoms with Crippen LogP contribution in [0.5, 0.6) is 11.5 Å². The molecule has 5 rings (SSSR count). The minimum absolute atomic E-state index is 0. The third kappa shape index (κ3) is 20.2. The summed E-state index contributed by atoms with van der Waals surface area (Å²) in [4.78, 5) is 99.1. The number of hydrogen-bond acceptors (Lipinski definition) is 19. The van der Waals surface area contributed by atoms with Crippen LogP contribution in [0.15, 0.2) is 78.9 Å². The smallest absolute Gasteiger partial charge is 0.342 e. The third-order valence-electron chi connectivity index (χ3n) is 11.1. The van der Waals surface area contributed by atoms with E-state index in [2.05, 4.69) is 0 Å². The van der Waals surface area contributed by atoms with Crippen LogP contribution in [-0.2, 0) is 78.0 Å². The van der Waals surface area contributed by atoms with E-state index in [4.69, 9.17) is 52.1 Å². The first-order valence-corrected chi connectivity index (χ1v) is 25.5. The van der Waals surface area contributed by atoms with Crippen LogP contribution < -0.4 is 9.47 Å². The van der Waals surface area contributed by atoms with Crippen molar-refractivity contribution in [3.05, 3.63) is 95.6 Å². The van der Waals surface area contributed by atoms with E-state index in [1.54, 1.807) is 38.1 Å². The second-order valence-corrected chi connectivity index (χ2v) is 17.4. The van der Waals surface area contributed by atoms with Crippen molar-refractivity contribution < 1.29 is 97.0 Å². The molecule has 0 amide bonds. The number of esters is 7. The first-order valence-electron chi connectivity index (χ1n) is 25.5. The highest BCUT2D eigenvalue weighted by Crippen LogP contribution is 2.32. The Morgan fingerprint density at radius 1 is 0.461 bits per heavy atom. The molecule has 0 radical (unpaired) electrons. The number of carboxylic acids is 1. The maximum absolute atomic E-state index is 13.0. The van der Waals surface area contributed by atoms with Crippen LogP contribution in [0.2, 0.25) is 0 Å². The fraction of sp³-hybridized carbons (Fsp3) is 0.536.